The predicted octanol–water partition coefficient (Wildman–Crippen LogP) is 0.838. The minimum Gasteiger partial charge on any atom is -0.392 e. The summed E-state index contributed by atoms with van der Waals surface area (Å²) in [6.45, 7) is 3.94. The van der Waals surface area contributed by atoms with Crippen molar-refractivity contribution in [2.24, 2.45) is 11.1 Å². The van der Waals surface area contributed by atoms with Crippen LogP contribution >= 0.6 is 12.2 Å². The third kappa shape index (κ3) is 2.02. The maximum absolute atomic E-state index is 12.0. The SMILES string of the molecule is CCC1(CC)CC(=O)N(CC(N)=S)C1=O. The summed E-state index contributed by atoms with van der Waals surface area (Å²) in [5.41, 5.74) is 4.84. The summed E-state index contributed by atoms with van der Waals surface area (Å²) in [7, 11) is 0. The molecule has 0 aromatic heterocycles. The van der Waals surface area contributed by atoms with Crippen LogP contribution in [0.4, 0.5) is 0 Å². The normalized spacial score (nSPS) is 19.7. The molecule has 84 valence electrons. The van der Waals surface area contributed by atoms with Gasteiger partial charge >= 0.3 is 0 Å². The lowest BCUT2D eigenvalue weighted by Crippen LogP contribution is -2.40. The van der Waals surface area contributed by atoms with Crippen molar-refractivity contribution in [1.29, 1.82) is 0 Å². The first-order chi connectivity index (χ1) is 6.96. The summed E-state index contributed by atoms with van der Waals surface area (Å²) in [4.78, 5) is 25.0. The van der Waals surface area contributed by atoms with Crippen LogP contribution in [0.1, 0.15) is 33.1 Å². The van der Waals surface area contributed by atoms with Crippen molar-refractivity contribution in [2.75, 3.05) is 6.54 Å². The first kappa shape index (κ1) is 12.1. The zero-order valence-electron chi connectivity index (χ0n) is 9.08. The van der Waals surface area contributed by atoms with Crippen molar-refractivity contribution in [1.82, 2.24) is 4.90 Å². The number of imide groups is 1. The Labute approximate surface area is 94.8 Å². The molecule has 0 bridgehead atoms. The second kappa shape index (κ2) is 4.26. The molecule has 0 aromatic rings. The van der Waals surface area contributed by atoms with Crippen molar-refractivity contribution in [2.45, 2.75) is 33.1 Å². The van der Waals surface area contributed by atoms with Crippen LogP contribution in [0.3, 0.4) is 0 Å². The maximum Gasteiger partial charge on any atom is 0.236 e. The minimum absolute atomic E-state index is 0.0781. The molecule has 2 amide bonds. The molecule has 0 saturated carbocycles. The van der Waals surface area contributed by atoms with Crippen LogP contribution in [0.2, 0.25) is 0 Å². The van der Waals surface area contributed by atoms with Crippen LogP contribution in [0.15, 0.2) is 0 Å². The van der Waals surface area contributed by atoms with Gasteiger partial charge in [0.1, 0.15) is 0 Å². The minimum atomic E-state index is -0.512. The molecule has 1 fully saturated rings. The molecule has 0 radical (unpaired) electrons. The number of likely N-dealkylation sites (tertiary alicyclic amines) is 1. The number of hydrogen-bond donors (Lipinski definition) is 1. The molecule has 0 aromatic carbocycles. The lowest BCUT2D eigenvalue weighted by atomic mass is 9.81. The summed E-state index contributed by atoms with van der Waals surface area (Å²) in [6, 6.07) is 0. The molecule has 4 nitrogen and oxygen atoms in total. The van der Waals surface area contributed by atoms with E-state index in [0.29, 0.717) is 19.3 Å². The summed E-state index contributed by atoms with van der Waals surface area (Å²) >= 11 is 4.72. The van der Waals surface area contributed by atoms with E-state index in [2.05, 4.69) is 0 Å². The number of hydrogen-bond acceptors (Lipinski definition) is 3. The number of carbonyl (C=O) groups excluding carboxylic acids is 2. The summed E-state index contributed by atoms with van der Waals surface area (Å²) < 4.78 is 0. The number of amides is 2. The standard InChI is InChI=1S/C10H16N2O2S/c1-3-10(4-2)5-8(13)12(9(10)14)6-7(11)15/h3-6H2,1-2H3,(H2,11,15). The van der Waals surface area contributed by atoms with E-state index in [4.69, 9.17) is 18.0 Å². The van der Waals surface area contributed by atoms with Crippen molar-refractivity contribution < 1.29 is 9.59 Å². The average Bonchev–Trinajstić information content (AvgIpc) is 2.42. The fourth-order valence-corrected chi connectivity index (χ4v) is 2.11. The highest BCUT2D eigenvalue weighted by atomic mass is 32.1. The highest BCUT2D eigenvalue weighted by Crippen LogP contribution is 2.38. The van der Waals surface area contributed by atoms with Crippen molar-refractivity contribution in [3.63, 3.8) is 0 Å². The predicted molar refractivity (Wildman–Crippen MR) is 61.1 cm³/mol. The first-order valence-corrected chi connectivity index (χ1v) is 5.50. The molecule has 0 atom stereocenters. The van der Waals surface area contributed by atoms with Crippen LogP contribution in [-0.2, 0) is 9.59 Å². The number of nitrogens with zero attached hydrogens (tertiary/aromatic N) is 1. The van der Waals surface area contributed by atoms with E-state index < -0.39 is 5.41 Å². The third-order valence-corrected chi connectivity index (χ3v) is 3.29. The quantitative estimate of drug-likeness (QED) is 0.572. The van der Waals surface area contributed by atoms with Gasteiger partial charge < -0.3 is 5.73 Å². The zero-order valence-corrected chi connectivity index (χ0v) is 9.89. The van der Waals surface area contributed by atoms with Gasteiger partial charge in [-0.3, -0.25) is 14.5 Å². The Balaban J connectivity index is 2.91. The number of nitrogens with two attached hydrogens (primary N) is 1. The Kier molecular flexibility index (Phi) is 3.44. The molecule has 1 heterocycles. The van der Waals surface area contributed by atoms with Crippen molar-refractivity contribution in [3.05, 3.63) is 0 Å². The molecule has 5 heteroatoms. The molecular formula is C10H16N2O2S. The monoisotopic (exact) mass is 228 g/mol. The number of thiocarbonyl (C=S) groups is 1. The van der Waals surface area contributed by atoms with Gasteiger partial charge in [0.05, 0.1) is 16.9 Å². The topological polar surface area (TPSA) is 63.4 Å². The maximum atomic E-state index is 12.0. The first-order valence-electron chi connectivity index (χ1n) is 5.10. The lowest BCUT2D eigenvalue weighted by Gasteiger charge is -2.23. The van der Waals surface area contributed by atoms with E-state index in [1.54, 1.807) is 0 Å². The van der Waals surface area contributed by atoms with Crippen LogP contribution in [0.25, 0.3) is 0 Å². The largest absolute Gasteiger partial charge is 0.392 e. The summed E-state index contributed by atoms with van der Waals surface area (Å²) in [5.74, 6) is -0.276. The summed E-state index contributed by atoms with van der Waals surface area (Å²) in [5, 5.41) is 0. The van der Waals surface area contributed by atoms with Gasteiger partial charge in [-0.1, -0.05) is 26.1 Å². The zero-order chi connectivity index (χ0) is 11.6. The molecule has 1 rings (SSSR count). The van der Waals surface area contributed by atoms with Gasteiger partial charge in [-0.25, -0.2) is 0 Å². The van der Waals surface area contributed by atoms with Gasteiger partial charge in [0.2, 0.25) is 11.8 Å². The van der Waals surface area contributed by atoms with Gasteiger partial charge in [-0.15, -0.1) is 0 Å². The highest BCUT2D eigenvalue weighted by molar-refractivity contribution is 7.80. The molecular weight excluding hydrogens is 212 g/mol. The van der Waals surface area contributed by atoms with E-state index in [1.165, 1.54) is 4.90 Å². The Morgan fingerprint density at radius 3 is 2.33 bits per heavy atom. The Hall–Kier alpha value is -0.970. The molecule has 0 unspecified atom stereocenters. The van der Waals surface area contributed by atoms with Crippen LogP contribution in [0, 0.1) is 5.41 Å². The van der Waals surface area contributed by atoms with Crippen LogP contribution in [0.5, 0.6) is 0 Å². The fourth-order valence-electron chi connectivity index (χ4n) is 1.98. The van der Waals surface area contributed by atoms with E-state index in [9.17, 15) is 9.59 Å². The Morgan fingerprint density at radius 1 is 1.47 bits per heavy atom. The molecule has 2 N–H and O–H groups in total. The van der Waals surface area contributed by atoms with Gasteiger partial charge in [0.15, 0.2) is 0 Å². The summed E-state index contributed by atoms with van der Waals surface area (Å²) in [6.07, 6.45) is 1.66. The van der Waals surface area contributed by atoms with Crippen LogP contribution < -0.4 is 5.73 Å². The smallest absolute Gasteiger partial charge is 0.236 e. The van der Waals surface area contributed by atoms with E-state index in [0.717, 1.165) is 0 Å². The van der Waals surface area contributed by atoms with E-state index >= 15 is 0 Å². The molecule has 0 spiro atoms. The van der Waals surface area contributed by atoms with Crippen LogP contribution in [-0.4, -0.2) is 28.2 Å². The van der Waals surface area contributed by atoms with E-state index in [-0.39, 0.29) is 23.3 Å². The highest BCUT2D eigenvalue weighted by Gasteiger charge is 2.48. The fraction of sp³-hybridized carbons (Fsp3) is 0.700. The number of rotatable bonds is 4. The molecule has 1 saturated heterocycles. The Morgan fingerprint density at radius 2 is 2.00 bits per heavy atom. The van der Waals surface area contributed by atoms with Crippen molar-refractivity contribution in [3.8, 4) is 0 Å². The average molecular weight is 228 g/mol. The second-order valence-electron chi connectivity index (χ2n) is 3.92. The van der Waals surface area contributed by atoms with Gasteiger partial charge in [0.25, 0.3) is 0 Å². The lowest BCUT2D eigenvalue weighted by molar-refractivity contribution is -0.140. The molecule has 0 aliphatic carbocycles. The molecule has 1 aliphatic heterocycles. The number of carbonyl (C=O) groups is 2. The second-order valence-corrected chi connectivity index (χ2v) is 4.44. The molecule has 1 aliphatic rings. The Bertz CT molecular complexity index is 311. The van der Waals surface area contributed by atoms with E-state index in [1.807, 2.05) is 13.8 Å². The third-order valence-electron chi connectivity index (χ3n) is 3.16. The van der Waals surface area contributed by atoms with Gasteiger partial charge in [-0.2, -0.15) is 0 Å². The van der Waals surface area contributed by atoms with Gasteiger partial charge in [0, 0.05) is 6.42 Å². The van der Waals surface area contributed by atoms with Crippen molar-refractivity contribution >= 4 is 29.0 Å². The molecule has 15 heavy (non-hydrogen) atoms. The van der Waals surface area contributed by atoms with Gasteiger partial charge in [-0.05, 0) is 12.8 Å².